The highest BCUT2D eigenvalue weighted by Gasteiger charge is 2.27. The highest BCUT2D eigenvalue weighted by Crippen LogP contribution is 2.28. The van der Waals surface area contributed by atoms with Gasteiger partial charge in [0.1, 0.15) is 5.75 Å². The van der Waals surface area contributed by atoms with Gasteiger partial charge in [-0.15, -0.1) is 0 Å². The van der Waals surface area contributed by atoms with Gasteiger partial charge in [0.25, 0.3) is 0 Å². The quantitative estimate of drug-likeness (QED) is 0.825. The minimum atomic E-state index is -0.403. The fourth-order valence-electron chi connectivity index (χ4n) is 2.86. The number of ether oxygens (including phenoxy) is 1. The molecule has 6 nitrogen and oxygen atoms in total. The van der Waals surface area contributed by atoms with Crippen LogP contribution in [0.15, 0.2) is 24.3 Å². The fourth-order valence-corrected chi connectivity index (χ4v) is 2.86. The highest BCUT2D eigenvalue weighted by molar-refractivity contribution is 5.79. The molecule has 23 heavy (non-hydrogen) atoms. The molecule has 0 aromatic heterocycles. The molecule has 1 unspecified atom stereocenters. The summed E-state index contributed by atoms with van der Waals surface area (Å²) in [4.78, 5) is 25.8. The van der Waals surface area contributed by atoms with E-state index in [0.717, 1.165) is 12.0 Å². The zero-order chi connectivity index (χ0) is 16.8. The number of hydrogen-bond acceptors (Lipinski definition) is 4. The summed E-state index contributed by atoms with van der Waals surface area (Å²) in [6, 6.07) is 7.13. The minimum Gasteiger partial charge on any atom is -0.494 e. The van der Waals surface area contributed by atoms with E-state index >= 15 is 0 Å². The first kappa shape index (κ1) is 17.3. The first-order chi connectivity index (χ1) is 11.0. The second kappa shape index (κ2) is 7.97. The van der Waals surface area contributed by atoms with Crippen molar-refractivity contribution in [3.63, 3.8) is 0 Å². The summed E-state index contributed by atoms with van der Waals surface area (Å²) in [5, 5.41) is 2.86. The molecule has 0 spiro atoms. The van der Waals surface area contributed by atoms with Crippen LogP contribution in [0.2, 0.25) is 0 Å². The molecule has 6 heteroatoms. The molecule has 2 atom stereocenters. The molecule has 2 rings (SSSR count). The molecule has 1 heterocycles. The molecule has 0 saturated carbocycles. The van der Waals surface area contributed by atoms with Gasteiger partial charge >= 0.3 is 0 Å². The molecule has 0 bridgehead atoms. The number of likely N-dealkylation sites (tertiary alicyclic amines) is 1. The summed E-state index contributed by atoms with van der Waals surface area (Å²) >= 11 is 0. The summed E-state index contributed by atoms with van der Waals surface area (Å²) in [7, 11) is 0. The molecule has 1 saturated heterocycles. The minimum absolute atomic E-state index is 0.00278. The zero-order valence-electron chi connectivity index (χ0n) is 13.7. The van der Waals surface area contributed by atoms with E-state index in [9.17, 15) is 9.59 Å². The maximum absolute atomic E-state index is 12.5. The number of carbonyl (C=O) groups is 2. The number of rotatable bonds is 6. The van der Waals surface area contributed by atoms with E-state index in [-0.39, 0.29) is 24.3 Å². The number of nitrogens with two attached hydrogens (primary N) is 1. The number of nitrogens with zero attached hydrogens (tertiary/aromatic N) is 1. The van der Waals surface area contributed by atoms with Crippen molar-refractivity contribution in [3.8, 4) is 5.75 Å². The normalized spacial score (nSPS) is 18.6. The van der Waals surface area contributed by atoms with Crippen molar-refractivity contribution in [3.05, 3.63) is 29.8 Å². The lowest BCUT2D eigenvalue weighted by Gasteiger charge is -2.23. The van der Waals surface area contributed by atoms with Gasteiger partial charge in [0.2, 0.25) is 11.8 Å². The van der Waals surface area contributed by atoms with Gasteiger partial charge in [-0.25, -0.2) is 0 Å². The van der Waals surface area contributed by atoms with Crippen LogP contribution in [0.4, 0.5) is 0 Å². The Morgan fingerprint density at radius 2 is 2.17 bits per heavy atom. The van der Waals surface area contributed by atoms with Gasteiger partial charge in [-0.3, -0.25) is 9.59 Å². The summed E-state index contributed by atoms with van der Waals surface area (Å²) in [6.07, 6.45) is 1.03. The third-order valence-corrected chi connectivity index (χ3v) is 3.93. The SMILES string of the molecule is CCOc1ccccc1C(CC(=O)N1CC[C@@H](N)C1)NC(C)=O. The van der Waals surface area contributed by atoms with Crippen molar-refractivity contribution in [2.75, 3.05) is 19.7 Å². The standard InChI is InChI=1S/C17H25N3O3/c1-3-23-16-7-5-4-6-14(16)15(19-12(2)21)10-17(22)20-9-8-13(18)11-20/h4-7,13,15H,3,8-11,18H2,1-2H3,(H,19,21)/t13-,15?/m1/s1. The lowest BCUT2D eigenvalue weighted by atomic mass is 10.0. The van der Waals surface area contributed by atoms with Crippen LogP contribution in [0.25, 0.3) is 0 Å². The van der Waals surface area contributed by atoms with E-state index < -0.39 is 6.04 Å². The predicted octanol–water partition coefficient (Wildman–Crippen LogP) is 1.21. The Hall–Kier alpha value is -2.08. The Kier molecular flexibility index (Phi) is 5.98. The molecule has 3 N–H and O–H groups in total. The van der Waals surface area contributed by atoms with E-state index in [1.807, 2.05) is 31.2 Å². The van der Waals surface area contributed by atoms with Gasteiger partial charge in [-0.05, 0) is 19.4 Å². The molecule has 1 aliphatic heterocycles. The lowest BCUT2D eigenvalue weighted by Crippen LogP contribution is -2.36. The van der Waals surface area contributed by atoms with Crippen LogP contribution in [0.3, 0.4) is 0 Å². The van der Waals surface area contributed by atoms with Crippen molar-refractivity contribution in [1.29, 1.82) is 0 Å². The van der Waals surface area contributed by atoms with Gasteiger partial charge < -0.3 is 20.7 Å². The van der Waals surface area contributed by atoms with Crippen LogP contribution >= 0.6 is 0 Å². The summed E-state index contributed by atoms with van der Waals surface area (Å²) in [5.41, 5.74) is 6.69. The molecular formula is C17H25N3O3. The number of hydrogen-bond donors (Lipinski definition) is 2. The van der Waals surface area contributed by atoms with Gasteiger partial charge in [0, 0.05) is 31.6 Å². The van der Waals surface area contributed by atoms with Crippen molar-refractivity contribution < 1.29 is 14.3 Å². The molecule has 126 valence electrons. The number of amides is 2. The first-order valence-corrected chi connectivity index (χ1v) is 8.03. The smallest absolute Gasteiger partial charge is 0.225 e. The first-order valence-electron chi connectivity index (χ1n) is 8.03. The molecule has 1 aromatic rings. The Labute approximate surface area is 137 Å². The Bertz CT molecular complexity index is 562. The van der Waals surface area contributed by atoms with Crippen LogP contribution in [0, 0.1) is 0 Å². The summed E-state index contributed by atoms with van der Waals surface area (Å²) in [6.45, 7) is 5.14. The van der Waals surface area contributed by atoms with Crippen molar-refractivity contribution in [2.45, 2.75) is 38.8 Å². The number of benzene rings is 1. The second-order valence-corrected chi connectivity index (χ2v) is 5.82. The maximum Gasteiger partial charge on any atom is 0.225 e. The number of para-hydroxylation sites is 1. The topological polar surface area (TPSA) is 84.7 Å². The molecule has 0 radical (unpaired) electrons. The van der Waals surface area contributed by atoms with Crippen LogP contribution in [0.5, 0.6) is 5.75 Å². The zero-order valence-corrected chi connectivity index (χ0v) is 13.7. The van der Waals surface area contributed by atoms with Gasteiger partial charge in [0.15, 0.2) is 0 Å². The van der Waals surface area contributed by atoms with Crippen LogP contribution in [0.1, 0.15) is 38.3 Å². The average Bonchev–Trinajstić information content (AvgIpc) is 2.94. The third-order valence-electron chi connectivity index (χ3n) is 3.93. The van der Waals surface area contributed by atoms with Crippen molar-refractivity contribution in [1.82, 2.24) is 10.2 Å². The predicted molar refractivity (Wildman–Crippen MR) is 88.0 cm³/mol. The van der Waals surface area contributed by atoms with Crippen LogP contribution in [-0.4, -0.2) is 42.5 Å². The third kappa shape index (κ3) is 4.69. The largest absolute Gasteiger partial charge is 0.494 e. The molecule has 1 aliphatic rings. The van der Waals surface area contributed by atoms with E-state index in [1.54, 1.807) is 4.90 Å². The second-order valence-electron chi connectivity index (χ2n) is 5.82. The van der Waals surface area contributed by atoms with Crippen molar-refractivity contribution >= 4 is 11.8 Å². The number of nitrogens with one attached hydrogen (secondary N) is 1. The van der Waals surface area contributed by atoms with E-state index in [1.165, 1.54) is 6.92 Å². The summed E-state index contributed by atoms with van der Waals surface area (Å²) in [5.74, 6) is 0.523. The number of carbonyl (C=O) groups excluding carboxylic acids is 2. The molecule has 2 amide bonds. The van der Waals surface area contributed by atoms with E-state index in [0.29, 0.717) is 25.4 Å². The Balaban J connectivity index is 2.17. The summed E-state index contributed by atoms with van der Waals surface area (Å²) < 4.78 is 5.63. The highest BCUT2D eigenvalue weighted by atomic mass is 16.5. The Morgan fingerprint density at radius 1 is 1.43 bits per heavy atom. The van der Waals surface area contributed by atoms with Crippen LogP contribution in [-0.2, 0) is 9.59 Å². The lowest BCUT2D eigenvalue weighted by molar-refractivity contribution is -0.131. The van der Waals surface area contributed by atoms with E-state index in [2.05, 4.69) is 5.32 Å². The van der Waals surface area contributed by atoms with E-state index in [4.69, 9.17) is 10.5 Å². The van der Waals surface area contributed by atoms with Crippen molar-refractivity contribution in [2.24, 2.45) is 5.73 Å². The molecular weight excluding hydrogens is 294 g/mol. The van der Waals surface area contributed by atoms with Gasteiger partial charge in [-0.1, -0.05) is 18.2 Å². The maximum atomic E-state index is 12.5. The fraction of sp³-hybridized carbons (Fsp3) is 0.529. The van der Waals surface area contributed by atoms with Gasteiger partial charge in [0.05, 0.1) is 19.1 Å². The molecule has 1 aromatic carbocycles. The Morgan fingerprint density at radius 3 is 2.78 bits per heavy atom. The molecule has 0 aliphatic carbocycles. The van der Waals surface area contributed by atoms with Gasteiger partial charge in [-0.2, -0.15) is 0 Å². The molecule has 1 fully saturated rings. The van der Waals surface area contributed by atoms with Crippen LogP contribution < -0.4 is 15.8 Å². The average molecular weight is 319 g/mol. The monoisotopic (exact) mass is 319 g/mol.